The maximum atomic E-state index is 9.34. The van der Waals surface area contributed by atoms with E-state index in [0.29, 0.717) is 43.8 Å². The molecule has 0 atom stereocenters. The van der Waals surface area contributed by atoms with Gasteiger partial charge in [0.15, 0.2) is 0 Å². The molecule has 63 heavy (non-hydrogen) atoms. The molecule has 1 aliphatic heterocycles. The third kappa shape index (κ3) is 8.71. The second-order valence-electron chi connectivity index (χ2n) is 18.7. The van der Waals surface area contributed by atoms with Gasteiger partial charge in [0, 0.05) is 47.6 Å². The van der Waals surface area contributed by atoms with Crippen molar-refractivity contribution in [2.24, 2.45) is 5.89 Å². The number of benzene rings is 6. The molecule has 5 nitrogen and oxygen atoms in total. The quantitative estimate of drug-likeness (QED) is 0.123. The zero-order chi connectivity index (χ0) is 51.6. The van der Waals surface area contributed by atoms with Crippen LogP contribution in [0.4, 0.5) is 17.1 Å². The first-order valence-electron chi connectivity index (χ1n) is 26.5. The van der Waals surface area contributed by atoms with Crippen molar-refractivity contribution in [3.05, 3.63) is 180 Å². The molecule has 0 bridgehead atoms. The number of hydrogen-bond acceptors (Lipinski definition) is 4. The smallest absolute Gasteiger partial charge is 0.137 e. The van der Waals surface area contributed by atoms with E-state index in [1.165, 1.54) is 11.6 Å². The van der Waals surface area contributed by atoms with Crippen molar-refractivity contribution in [2.45, 2.75) is 91.9 Å². The minimum absolute atomic E-state index is 0.0406. The van der Waals surface area contributed by atoms with Gasteiger partial charge in [-0.1, -0.05) is 140 Å². The van der Waals surface area contributed by atoms with Crippen molar-refractivity contribution in [1.82, 2.24) is 9.55 Å². The van der Waals surface area contributed by atoms with Crippen molar-refractivity contribution in [2.75, 3.05) is 23.0 Å². The standard InChI is InChI=1S/C58H62N4O/c1-40(2)33-42-19-15-23-48(43-18-14-20-44(35-43)57(3,4)5)49(42)24-16-32-60-39-61(54-27-12-11-26-53(54)60)46-21-13-17-41(34-46)38-63-47-28-29-51-50-22-9-10-25-52(50)62(55(51)37-47)56-36-45(30-31-59-56)58(6,7)8/h9-15,17-23,25-31,34-37,40H,16,24,32-33,38-39H2,1-8H3/i1D3,2D3,33D2,40D. The number of rotatable bonds is 12. The first-order valence-corrected chi connectivity index (χ1v) is 22.0. The molecule has 0 saturated heterocycles. The van der Waals surface area contributed by atoms with Crippen LogP contribution in [-0.4, -0.2) is 22.8 Å². The molecule has 5 heteroatoms. The van der Waals surface area contributed by atoms with Crippen LogP contribution in [0.5, 0.6) is 5.75 Å². The van der Waals surface area contributed by atoms with Crippen molar-refractivity contribution in [3.63, 3.8) is 0 Å². The molecule has 0 radical (unpaired) electrons. The topological polar surface area (TPSA) is 33.5 Å². The van der Waals surface area contributed by atoms with Gasteiger partial charge in [-0.05, 0) is 129 Å². The third-order valence-corrected chi connectivity index (χ3v) is 12.3. The summed E-state index contributed by atoms with van der Waals surface area (Å²) in [5, 5.41) is 2.26. The predicted molar refractivity (Wildman–Crippen MR) is 266 cm³/mol. The lowest BCUT2D eigenvalue weighted by molar-refractivity contribution is 0.306. The van der Waals surface area contributed by atoms with Gasteiger partial charge in [-0.25, -0.2) is 4.98 Å². The third-order valence-electron chi connectivity index (χ3n) is 12.3. The van der Waals surface area contributed by atoms with Gasteiger partial charge in [-0.15, -0.1) is 0 Å². The Balaban J connectivity index is 0.979. The highest BCUT2D eigenvalue weighted by Crippen LogP contribution is 2.42. The Morgan fingerprint density at radius 1 is 0.714 bits per heavy atom. The lowest BCUT2D eigenvalue weighted by Crippen LogP contribution is -2.29. The van der Waals surface area contributed by atoms with Crippen LogP contribution >= 0.6 is 0 Å². The van der Waals surface area contributed by atoms with E-state index in [1.807, 2.05) is 54.7 Å². The molecule has 0 aliphatic carbocycles. The number of hydrogen-bond donors (Lipinski definition) is 0. The fraction of sp³-hybridized carbons (Fsp3) is 0.293. The first kappa shape index (κ1) is 32.4. The summed E-state index contributed by atoms with van der Waals surface area (Å²) in [5.74, 6) is -1.85. The molecular formula is C58H62N4O. The van der Waals surface area contributed by atoms with Gasteiger partial charge in [0.05, 0.1) is 29.1 Å². The summed E-state index contributed by atoms with van der Waals surface area (Å²) < 4.78 is 85.9. The number of nitrogens with zero attached hydrogens (tertiary/aromatic N) is 4. The molecule has 1 aliphatic rings. The minimum Gasteiger partial charge on any atom is -0.489 e. The molecule has 0 amide bonds. The summed E-state index contributed by atoms with van der Waals surface area (Å²) >= 11 is 0. The zero-order valence-corrected chi connectivity index (χ0v) is 37.2. The van der Waals surface area contributed by atoms with E-state index in [1.54, 1.807) is 6.07 Å². The molecule has 320 valence electrons. The van der Waals surface area contributed by atoms with Crippen LogP contribution in [0.25, 0.3) is 38.8 Å². The van der Waals surface area contributed by atoms with E-state index in [9.17, 15) is 2.74 Å². The fourth-order valence-electron chi connectivity index (χ4n) is 8.95. The number of para-hydroxylation sites is 3. The fourth-order valence-corrected chi connectivity index (χ4v) is 8.95. The second kappa shape index (κ2) is 17.1. The highest BCUT2D eigenvalue weighted by Gasteiger charge is 2.27. The first-order chi connectivity index (χ1) is 33.9. The zero-order valence-electron chi connectivity index (χ0n) is 46.2. The molecule has 9 rings (SSSR count). The van der Waals surface area contributed by atoms with Gasteiger partial charge < -0.3 is 14.5 Å². The van der Waals surface area contributed by atoms with Gasteiger partial charge in [0.25, 0.3) is 0 Å². The van der Waals surface area contributed by atoms with Crippen LogP contribution in [0, 0.1) is 5.89 Å². The van der Waals surface area contributed by atoms with E-state index >= 15 is 0 Å². The Kier molecular flexibility index (Phi) is 8.78. The lowest BCUT2D eigenvalue weighted by atomic mass is 9.83. The molecule has 0 N–H and O–H groups in total. The number of ether oxygens (including phenoxy) is 1. The predicted octanol–water partition coefficient (Wildman–Crippen LogP) is 14.8. The van der Waals surface area contributed by atoms with Crippen LogP contribution in [0.1, 0.15) is 102 Å². The monoisotopic (exact) mass is 840 g/mol. The summed E-state index contributed by atoms with van der Waals surface area (Å²) in [6.07, 6.45) is -0.399. The van der Waals surface area contributed by atoms with Crippen molar-refractivity contribution in [1.29, 1.82) is 0 Å². The van der Waals surface area contributed by atoms with Crippen LogP contribution < -0.4 is 14.5 Å². The Bertz CT molecular complexity index is 3280. The van der Waals surface area contributed by atoms with E-state index in [4.69, 9.17) is 19.3 Å². The second-order valence-corrected chi connectivity index (χ2v) is 18.7. The van der Waals surface area contributed by atoms with Gasteiger partial charge in [-0.2, -0.15) is 0 Å². The molecular weight excluding hydrogens is 769 g/mol. The van der Waals surface area contributed by atoms with E-state index < -0.39 is 26.0 Å². The van der Waals surface area contributed by atoms with Gasteiger partial charge in [-0.3, -0.25) is 4.57 Å². The normalized spacial score (nSPS) is 16.0. The molecule has 0 saturated carbocycles. The Labute approximate surface area is 387 Å². The van der Waals surface area contributed by atoms with Gasteiger partial charge in [0.1, 0.15) is 18.2 Å². The minimum atomic E-state index is -3.47. The highest BCUT2D eigenvalue weighted by molar-refractivity contribution is 6.09. The van der Waals surface area contributed by atoms with Crippen molar-refractivity contribution < 1.29 is 17.1 Å². The SMILES string of the molecule is [2H]C([2H])([2H])C([2H])(C([2H])([2H])[2H])C([2H])([2H])c1cccc(-c2cccc(C(C)(C)C)c2)c1CCCN1CN(c2cccc(COc3ccc4c5ccccc5n(-c5cc(C(C)(C)C)ccn5)c4c3)c2)c2ccccc21. The molecule has 0 unspecified atom stereocenters. The summed E-state index contributed by atoms with van der Waals surface area (Å²) in [6, 6.07) is 48.4. The van der Waals surface area contributed by atoms with Crippen LogP contribution in [0.2, 0.25) is 0 Å². The van der Waals surface area contributed by atoms with Gasteiger partial charge in [0.2, 0.25) is 0 Å². The largest absolute Gasteiger partial charge is 0.489 e. The maximum absolute atomic E-state index is 9.34. The van der Waals surface area contributed by atoms with Crippen LogP contribution in [-0.2, 0) is 30.2 Å². The lowest BCUT2D eigenvalue weighted by Gasteiger charge is -2.24. The highest BCUT2D eigenvalue weighted by atomic mass is 16.5. The summed E-state index contributed by atoms with van der Waals surface area (Å²) in [6.45, 7) is 7.44. The number of anilines is 3. The van der Waals surface area contributed by atoms with Crippen molar-refractivity contribution >= 4 is 38.9 Å². The number of aromatic nitrogens is 2. The van der Waals surface area contributed by atoms with Crippen molar-refractivity contribution in [3.8, 4) is 22.7 Å². The molecule has 2 aromatic heterocycles. The van der Waals surface area contributed by atoms with E-state index in [0.717, 1.165) is 67.1 Å². The van der Waals surface area contributed by atoms with Gasteiger partial charge >= 0.3 is 0 Å². The summed E-state index contributed by atoms with van der Waals surface area (Å²) in [4.78, 5) is 9.37. The Morgan fingerprint density at radius 2 is 1.46 bits per heavy atom. The van der Waals surface area contributed by atoms with Crippen LogP contribution in [0.3, 0.4) is 0 Å². The van der Waals surface area contributed by atoms with Crippen LogP contribution in [0.15, 0.2) is 152 Å². The Hall–Kier alpha value is -6.33. The number of pyridine rings is 1. The molecule has 8 aromatic rings. The average Bonchev–Trinajstić information content (AvgIpc) is 3.87. The Morgan fingerprint density at radius 3 is 2.29 bits per heavy atom. The summed E-state index contributed by atoms with van der Waals surface area (Å²) in [7, 11) is 0. The molecule has 0 spiro atoms. The molecule has 3 heterocycles. The maximum Gasteiger partial charge on any atom is 0.137 e. The van der Waals surface area contributed by atoms with E-state index in [2.05, 4.69) is 141 Å². The van der Waals surface area contributed by atoms with E-state index in [-0.39, 0.29) is 16.4 Å². The average molecular weight is 840 g/mol. The molecule has 0 fully saturated rings. The molecule has 6 aromatic carbocycles. The number of fused-ring (bicyclic) bond motifs is 4. The summed E-state index contributed by atoms with van der Waals surface area (Å²) in [5.41, 5.74) is 10.0.